The van der Waals surface area contributed by atoms with Crippen LogP contribution in [-0.2, 0) is 6.54 Å². The van der Waals surface area contributed by atoms with Crippen molar-refractivity contribution >= 4 is 17.3 Å². The van der Waals surface area contributed by atoms with Crippen molar-refractivity contribution < 1.29 is 0 Å². The van der Waals surface area contributed by atoms with Crippen LogP contribution in [-0.4, -0.2) is 19.6 Å². The molecule has 0 aromatic heterocycles. The van der Waals surface area contributed by atoms with Gasteiger partial charge in [0.15, 0.2) is 0 Å². The second kappa shape index (κ2) is 6.44. The van der Waals surface area contributed by atoms with Crippen LogP contribution in [0.1, 0.15) is 38.2 Å². The molecule has 0 amide bonds. The van der Waals surface area contributed by atoms with Gasteiger partial charge in [-0.15, -0.1) is 0 Å². The van der Waals surface area contributed by atoms with Gasteiger partial charge in [0.25, 0.3) is 0 Å². The third-order valence-electron chi connectivity index (χ3n) is 3.79. The Morgan fingerprint density at radius 1 is 1.33 bits per heavy atom. The molecule has 1 saturated heterocycles. The highest BCUT2D eigenvalue weighted by Crippen LogP contribution is 2.28. The van der Waals surface area contributed by atoms with E-state index in [9.17, 15) is 0 Å². The van der Waals surface area contributed by atoms with Crippen LogP contribution in [0.15, 0.2) is 18.2 Å². The van der Waals surface area contributed by atoms with Crippen LogP contribution in [0.4, 0.5) is 5.69 Å². The molecule has 0 bridgehead atoms. The molecule has 2 nitrogen and oxygen atoms in total. The lowest BCUT2D eigenvalue weighted by atomic mass is 10.1. The van der Waals surface area contributed by atoms with E-state index in [0.29, 0.717) is 6.04 Å². The van der Waals surface area contributed by atoms with Crippen molar-refractivity contribution in [3.63, 3.8) is 0 Å². The van der Waals surface area contributed by atoms with E-state index in [1.54, 1.807) is 0 Å². The van der Waals surface area contributed by atoms with E-state index < -0.39 is 0 Å². The van der Waals surface area contributed by atoms with Crippen LogP contribution in [0.5, 0.6) is 0 Å². The number of nitrogens with zero attached hydrogens (tertiary/aromatic N) is 1. The smallest absolute Gasteiger partial charge is 0.0471 e. The number of nitrogens with one attached hydrogen (secondary N) is 1. The van der Waals surface area contributed by atoms with E-state index in [4.69, 9.17) is 11.6 Å². The maximum atomic E-state index is 6.35. The van der Waals surface area contributed by atoms with Crippen LogP contribution in [0.25, 0.3) is 0 Å². The Balaban J connectivity index is 2.19. The van der Waals surface area contributed by atoms with Gasteiger partial charge in [0, 0.05) is 29.8 Å². The van der Waals surface area contributed by atoms with Crippen molar-refractivity contribution in [2.75, 3.05) is 18.5 Å². The number of anilines is 1. The highest BCUT2D eigenvalue weighted by Gasteiger charge is 2.17. The molecule has 1 N–H and O–H groups in total. The van der Waals surface area contributed by atoms with Gasteiger partial charge in [-0.3, -0.25) is 0 Å². The van der Waals surface area contributed by atoms with Crippen molar-refractivity contribution in [2.45, 2.75) is 45.2 Å². The SMILES string of the molecule is CNCc1ccc(N2CCCCCC2C)cc1Cl. The summed E-state index contributed by atoms with van der Waals surface area (Å²) in [5.74, 6) is 0. The lowest BCUT2D eigenvalue weighted by Crippen LogP contribution is -2.32. The first-order valence-corrected chi connectivity index (χ1v) is 7.30. The lowest BCUT2D eigenvalue weighted by Gasteiger charge is -2.30. The minimum Gasteiger partial charge on any atom is -0.369 e. The maximum absolute atomic E-state index is 6.35. The minimum atomic E-state index is 0.624. The Morgan fingerprint density at radius 2 is 2.17 bits per heavy atom. The molecule has 0 saturated carbocycles. The van der Waals surface area contributed by atoms with Gasteiger partial charge >= 0.3 is 0 Å². The van der Waals surface area contributed by atoms with Gasteiger partial charge in [-0.25, -0.2) is 0 Å². The van der Waals surface area contributed by atoms with Crippen LogP contribution in [0.2, 0.25) is 5.02 Å². The molecule has 1 aromatic rings. The first-order chi connectivity index (χ1) is 8.72. The fourth-order valence-corrected chi connectivity index (χ4v) is 2.95. The molecular weight excluding hydrogens is 244 g/mol. The predicted molar refractivity (Wildman–Crippen MR) is 79.5 cm³/mol. The molecule has 2 rings (SSSR count). The van der Waals surface area contributed by atoms with Crippen molar-refractivity contribution in [1.82, 2.24) is 5.32 Å². The van der Waals surface area contributed by atoms with Crippen molar-refractivity contribution in [1.29, 1.82) is 0 Å². The summed E-state index contributed by atoms with van der Waals surface area (Å²) >= 11 is 6.35. The zero-order chi connectivity index (χ0) is 13.0. The monoisotopic (exact) mass is 266 g/mol. The minimum absolute atomic E-state index is 0.624. The number of hydrogen-bond donors (Lipinski definition) is 1. The Morgan fingerprint density at radius 3 is 2.89 bits per heavy atom. The van der Waals surface area contributed by atoms with Gasteiger partial charge in [-0.05, 0) is 44.5 Å². The third-order valence-corrected chi connectivity index (χ3v) is 4.14. The average Bonchev–Trinajstić information content (AvgIpc) is 2.57. The standard InChI is InChI=1S/C15H23ClN2/c1-12-6-4-3-5-9-18(12)14-8-7-13(11-17-2)15(16)10-14/h7-8,10,12,17H,3-6,9,11H2,1-2H3. The Labute approximate surface area is 115 Å². The molecule has 0 aliphatic carbocycles. The molecular formula is C15H23ClN2. The first-order valence-electron chi connectivity index (χ1n) is 6.92. The number of hydrogen-bond acceptors (Lipinski definition) is 2. The zero-order valence-electron chi connectivity index (χ0n) is 11.4. The maximum Gasteiger partial charge on any atom is 0.0471 e. The summed E-state index contributed by atoms with van der Waals surface area (Å²) in [5.41, 5.74) is 2.44. The number of benzene rings is 1. The summed E-state index contributed by atoms with van der Waals surface area (Å²) in [5, 5.41) is 4.02. The van der Waals surface area contributed by atoms with Crippen LogP contribution in [0.3, 0.4) is 0 Å². The topological polar surface area (TPSA) is 15.3 Å². The lowest BCUT2D eigenvalue weighted by molar-refractivity contribution is 0.616. The van der Waals surface area contributed by atoms with Crippen molar-refractivity contribution in [3.05, 3.63) is 28.8 Å². The molecule has 1 aromatic carbocycles. The summed E-state index contributed by atoms with van der Waals surface area (Å²) in [6.45, 7) is 4.30. The van der Waals surface area contributed by atoms with Gasteiger partial charge in [0.1, 0.15) is 0 Å². The summed E-state index contributed by atoms with van der Waals surface area (Å²) in [6, 6.07) is 7.10. The highest BCUT2D eigenvalue weighted by molar-refractivity contribution is 6.31. The van der Waals surface area contributed by atoms with E-state index >= 15 is 0 Å². The van der Waals surface area contributed by atoms with Crippen LogP contribution < -0.4 is 10.2 Å². The molecule has 1 atom stereocenters. The molecule has 0 radical (unpaired) electrons. The van der Waals surface area contributed by atoms with Crippen molar-refractivity contribution in [2.24, 2.45) is 0 Å². The third kappa shape index (κ3) is 3.18. The average molecular weight is 267 g/mol. The van der Waals surface area contributed by atoms with Gasteiger partial charge in [-0.2, -0.15) is 0 Å². The second-order valence-corrected chi connectivity index (χ2v) is 5.60. The Hall–Kier alpha value is -0.730. The van der Waals surface area contributed by atoms with E-state index in [0.717, 1.165) is 18.1 Å². The quantitative estimate of drug-likeness (QED) is 0.895. The molecule has 1 heterocycles. The van der Waals surface area contributed by atoms with Gasteiger partial charge < -0.3 is 10.2 Å². The molecule has 1 unspecified atom stereocenters. The predicted octanol–water partition coefficient (Wildman–Crippen LogP) is 3.83. The van der Waals surface area contributed by atoms with Gasteiger partial charge in [0.05, 0.1) is 0 Å². The summed E-state index contributed by atoms with van der Waals surface area (Å²) < 4.78 is 0. The van der Waals surface area contributed by atoms with Crippen LogP contribution in [0, 0.1) is 0 Å². The molecule has 1 aliphatic rings. The molecule has 100 valence electrons. The summed E-state index contributed by atoms with van der Waals surface area (Å²) in [6.07, 6.45) is 5.28. The Bertz CT molecular complexity index is 392. The Kier molecular flexibility index (Phi) is 4.90. The fraction of sp³-hybridized carbons (Fsp3) is 0.600. The zero-order valence-corrected chi connectivity index (χ0v) is 12.1. The van der Waals surface area contributed by atoms with Crippen molar-refractivity contribution in [3.8, 4) is 0 Å². The molecule has 3 heteroatoms. The fourth-order valence-electron chi connectivity index (χ4n) is 2.71. The van der Waals surface area contributed by atoms with Gasteiger partial charge in [0.2, 0.25) is 0 Å². The first kappa shape index (κ1) is 13.7. The largest absolute Gasteiger partial charge is 0.369 e. The van der Waals surface area contributed by atoms with E-state index in [2.05, 4.69) is 35.3 Å². The van der Waals surface area contributed by atoms with E-state index in [1.807, 2.05) is 7.05 Å². The molecule has 1 aliphatic heterocycles. The molecule has 1 fully saturated rings. The van der Waals surface area contributed by atoms with E-state index in [1.165, 1.54) is 36.9 Å². The number of halogens is 1. The van der Waals surface area contributed by atoms with Gasteiger partial charge in [-0.1, -0.05) is 30.5 Å². The van der Waals surface area contributed by atoms with E-state index in [-0.39, 0.29) is 0 Å². The number of rotatable bonds is 3. The summed E-state index contributed by atoms with van der Waals surface area (Å²) in [4.78, 5) is 2.50. The second-order valence-electron chi connectivity index (χ2n) is 5.20. The molecule has 0 spiro atoms. The molecule has 18 heavy (non-hydrogen) atoms. The van der Waals surface area contributed by atoms with Crippen LogP contribution >= 0.6 is 11.6 Å². The highest BCUT2D eigenvalue weighted by atomic mass is 35.5. The summed E-state index contributed by atoms with van der Waals surface area (Å²) in [7, 11) is 1.95. The normalized spacial score (nSPS) is 20.8.